The summed E-state index contributed by atoms with van der Waals surface area (Å²) in [5.41, 5.74) is 0. The molecule has 0 aromatic rings. The summed E-state index contributed by atoms with van der Waals surface area (Å²) in [7, 11) is 0. The van der Waals surface area contributed by atoms with Crippen LogP contribution in [0.15, 0.2) is 0 Å². The molecule has 0 amide bonds. The Morgan fingerprint density at radius 2 is 0.676 bits per heavy atom. The predicted molar refractivity (Wildman–Crippen MR) is 166 cm³/mol. The quantitative estimate of drug-likeness (QED) is 0.0919. The zero-order chi connectivity index (χ0) is 27.2. The van der Waals surface area contributed by atoms with Gasteiger partial charge in [-0.25, -0.2) is 0 Å². The lowest BCUT2D eigenvalue weighted by molar-refractivity contribution is -0.142. The summed E-state index contributed by atoms with van der Waals surface area (Å²) in [6.07, 6.45) is 38.3. The molecule has 0 rings (SSSR count). The van der Waals surface area contributed by atoms with E-state index in [1.165, 1.54) is 161 Å². The fraction of sp³-hybridized carbons (Fsp3) is 0.971. The molecule has 0 radical (unpaired) electrons. The highest BCUT2D eigenvalue weighted by Gasteiger charge is 2.16. The number of unbranched alkanes of at least 4 members (excludes halogenated alkanes) is 22. The van der Waals surface area contributed by atoms with Crippen LogP contribution in [0.4, 0.5) is 0 Å². The van der Waals surface area contributed by atoms with Crippen LogP contribution in [0.3, 0.4) is 0 Å². The van der Waals surface area contributed by atoms with E-state index < -0.39 is 5.97 Å². The van der Waals surface area contributed by atoms with Gasteiger partial charge in [-0.15, -0.1) is 0 Å². The molecular formula is C35H70O2. The molecule has 0 aromatic heterocycles. The molecule has 2 atom stereocenters. The summed E-state index contributed by atoms with van der Waals surface area (Å²) in [5, 5.41) is 9.59. The van der Waals surface area contributed by atoms with Gasteiger partial charge >= 0.3 is 5.97 Å². The first-order valence-corrected chi connectivity index (χ1v) is 17.3. The highest BCUT2D eigenvalue weighted by molar-refractivity contribution is 5.69. The van der Waals surface area contributed by atoms with Crippen molar-refractivity contribution in [2.24, 2.45) is 11.8 Å². The van der Waals surface area contributed by atoms with Gasteiger partial charge in [-0.3, -0.25) is 4.79 Å². The van der Waals surface area contributed by atoms with Gasteiger partial charge in [0.05, 0.1) is 5.92 Å². The fourth-order valence-corrected chi connectivity index (χ4v) is 5.81. The molecule has 0 aliphatic rings. The SMILES string of the molecule is CCCCCCCCCCCCCCC(CCCCCCCCCCC(C)CCCCCCC)C(=O)O. The van der Waals surface area contributed by atoms with E-state index >= 15 is 0 Å². The van der Waals surface area contributed by atoms with Crippen molar-refractivity contribution in [2.45, 2.75) is 207 Å². The summed E-state index contributed by atoms with van der Waals surface area (Å²) in [6, 6.07) is 0. The fourth-order valence-electron chi connectivity index (χ4n) is 5.81. The second kappa shape index (κ2) is 30.0. The summed E-state index contributed by atoms with van der Waals surface area (Å²) >= 11 is 0. The zero-order valence-electron chi connectivity index (χ0n) is 26.0. The number of rotatable bonds is 31. The number of hydrogen-bond acceptors (Lipinski definition) is 1. The summed E-state index contributed by atoms with van der Waals surface area (Å²) in [6.45, 7) is 7.02. The second-order valence-corrected chi connectivity index (χ2v) is 12.4. The molecule has 0 aliphatic heterocycles. The van der Waals surface area contributed by atoms with E-state index in [2.05, 4.69) is 20.8 Å². The van der Waals surface area contributed by atoms with Gasteiger partial charge in [-0.05, 0) is 18.8 Å². The Bertz CT molecular complexity index is 447. The van der Waals surface area contributed by atoms with Crippen LogP contribution >= 0.6 is 0 Å². The van der Waals surface area contributed by atoms with E-state index in [1.807, 2.05) is 0 Å². The van der Waals surface area contributed by atoms with Gasteiger partial charge in [0.15, 0.2) is 0 Å². The molecule has 2 nitrogen and oxygen atoms in total. The Kier molecular flexibility index (Phi) is 29.6. The van der Waals surface area contributed by atoms with Gasteiger partial charge in [0.2, 0.25) is 0 Å². The molecule has 0 heterocycles. The number of carboxylic acid groups (broad SMARTS) is 1. The van der Waals surface area contributed by atoms with E-state index in [4.69, 9.17) is 0 Å². The van der Waals surface area contributed by atoms with Crippen molar-refractivity contribution >= 4 is 5.97 Å². The van der Waals surface area contributed by atoms with Gasteiger partial charge in [0.25, 0.3) is 0 Å². The van der Waals surface area contributed by atoms with Gasteiger partial charge < -0.3 is 5.11 Å². The number of hydrogen-bond donors (Lipinski definition) is 1. The third kappa shape index (κ3) is 28.3. The lowest BCUT2D eigenvalue weighted by atomic mass is 9.94. The Morgan fingerprint density at radius 3 is 0.946 bits per heavy atom. The Morgan fingerprint density at radius 1 is 0.432 bits per heavy atom. The van der Waals surface area contributed by atoms with Crippen molar-refractivity contribution in [2.75, 3.05) is 0 Å². The minimum Gasteiger partial charge on any atom is -0.481 e. The van der Waals surface area contributed by atoms with Crippen molar-refractivity contribution < 1.29 is 9.90 Å². The molecule has 0 aliphatic carbocycles. The number of aliphatic carboxylic acids is 1. The molecular weight excluding hydrogens is 452 g/mol. The van der Waals surface area contributed by atoms with Crippen molar-refractivity contribution in [1.29, 1.82) is 0 Å². The van der Waals surface area contributed by atoms with E-state index in [9.17, 15) is 9.90 Å². The standard InChI is InChI=1S/C35H70O2/c1-4-6-8-10-11-12-13-14-15-19-23-27-31-34(35(36)37)32-28-24-20-17-16-18-22-26-30-33(3)29-25-21-9-7-5-2/h33-34H,4-32H2,1-3H3,(H,36,37). The van der Waals surface area contributed by atoms with Crippen LogP contribution in [0.25, 0.3) is 0 Å². The molecule has 0 spiro atoms. The first kappa shape index (κ1) is 36.5. The summed E-state index contributed by atoms with van der Waals surface area (Å²) < 4.78 is 0. The smallest absolute Gasteiger partial charge is 0.306 e. The van der Waals surface area contributed by atoms with E-state index in [-0.39, 0.29) is 5.92 Å². The van der Waals surface area contributed by atoms with Gasteiger partial charge in [-0.1, -0.05) is 194 Å². The zero-order valence-corrected chi connectivity index (χ0v) is 26.0. The molecule has 1 N–H and O–H groups in total. The average molecular weight is 523 g/mol. The van der Waals surface area contributed by atoms with Crippen LogP contribution in [-0.2, 0) is 4.79 Å². The maximum atomic E-state index is 11.6. The summed E-state index contributed by atoms with van der Waals surface area (Å²) in [5.74, 6) is 0.258. The average Bonchev–Trinajstić information content (AvgIpc) is 2.88. The van der Waals surface area contributed by atoms with Gasteiger partial charge in [-0.2, -0.15) is 0 Å². The van der Waals surface area contributed by atoms with E-state index in [0.29, 0.717) is 0 Å². The second-order valence-electron chi connectivity index (χ2n) is 12.4. The van der Waals surface area contributed by atoms with Crippen LogP contribution in [0, 0.1) is 11.8 Å². The van der Waals surface area contributed by atoms with E-state index in [0.717, 1.165) is 31.6 Å². The minimum absolute atomic E-state index is 0.100. The Balaban J connectivity index is 3.46. The van der Waals surface area contributed by atoms with Crippen LogP contribution in [0.5, 0.6) is 0 Å². The van der Waals surface area contributed by atoms with Crippen molar-refractivity contribution in [3.8, 4) is 0 Å². The Hall–Kier alpha value is -0.530. The monoisotopic (exact) mass is 523 g/mol. The minimum atomic E-state index is -0.557. The largest absolute Gasteiger partial charge is 0.481 e. The third-order valence-corrected chi connectivity index (χ3v) is 8.56. The molecule has 0 bridgehead atoms. The lowest BCUT2D eigenvalue weighted by Gasteiger charge is -2.12. The van der Waals surface area contributed by atoms with Crippen LogP contribution < -0.4 is 0 Å². The first-order chi connectivity index (χ1) is 18.1. The van der Waals surface area contributed by atoms with Crippen molar-refractivity contribution in [1.82, 2.24) is 0 Å². The van der Waals surface area contributed by atoms with Crippen LogP contribution in [0.1, 0.15) is 207 Å². The molecule has 222 valence electrons. The molecule has 0 saturated carbocycles. The molecule has 0 aromatic carbocycles. The topological polar surface area (TPSA) is 37.3 Å². The van der Waals surface area contributed by atoms with Crippen LogP contribution in [-0.4, -0.2) is 11.1 Å². The molecule has 37 heavy (non-hydrogen) atoms. The molecule has 2 unspecified atom stereocenters. The maximum absolute atomic E-state index is 11.6. The third-order valence-electron chi connectivity index (χ3n) is 8.56. The highest BCUT2D eigenvalue weighted by Crippen LogP contribution is 2.21. The van der Waals surface area contributed by atoms with Crippen molar-refractivity contribution in [3.63, 3.8) is 0 Å². The number of carboxylic acids is 1. The van der Waals surface area contributed by atoms with Gasteiger partial charge in [0, 0.05) is 0 Å². The van der Waals surface area contributed by atoms with Gasteiger partial charge in [0.1, 0.15) is 0 Å². The first-order valence-electron chi connectivity index (χ1n) is 17.3. The Labute approximate surface area is 234 Å². The van der Waals surface area contributed by atoms with Crippen molar-refractivity contribution in [3.05, 3.63) is 0 Å². The maximum Gasteiger partial charge on any atom is 0.306 e. The highest BCUT2D eigenvalue weighted by atomic mass is 16.4. The number of carbonyl (C=O) groups is 1. The van der Waals surface area contributed by atoms with E-state index in [1.54, 1.807) is 0 Å². The summed E-state index contributed by atoms with van der Waals surface area (Å²) in [4.78, 5) is 11.6. The predicted octanol–water partition coefficient (Wildman–Crippen LogP) is 12.7. The molecule has 2 heteroatoms. The molecule has 0 fully saturated rings. The lowest BCUT2D eigenvalue weighted by Crippen LogP contribution is -2.13. The normalized spacial score (nSPS) is 13.2. The molecule has 0 saturated heterocycles. The van der Waals surface area contributed by atoms with Crippen LogP contribution in [0.2, 0.25) is 0 Å².